The van der Waals surface area contributed by atoms with Crippen molar-refractivity contribution in [3.8, 4) is 5.75 Å². The van der Waals surface area contributed by atoms with Gasteiger partial charge in [-0.05, 0) is 19.1 Å². The Hall–Kier alpha value is -1.10. The predicted molar refractivity (Wildman–Crippen MR) is 81.3 cm³/mol. The van der Waals surface area contributed by atoms with Gasteiger partial charge in [0.25, 0.3) is 0 Å². The van der Waals surface area contributed by atoms with Crippen LogP contribution in [0.25, 0.3) is 0 Å². The monoisotopic (exact) mass is 278 g/mol. The summed E-state index contributed by atoms with van der Waals surface area (Å²) < 4.78 is 10.9. The lowest BCUT2D eigenvalue weighted by Gasteiger charge is -2.39. The molecule has 0 aromatic heterocycles. The number of methoxy groups -OCH3 is 1. The number of nitrogens with zero attached hydrogens (tertiary/aromatic N) is 2. The summed E-state index contributed by atoms with van der Waals surface area (Å²) in [4.78, 5) is 4.98. The summed E-state index contributed by atoms with van der Waals surface area (Å²) in [6.07, 6.45) is 0. The topological polar surface area (TPSA) is 24.9 Å². The van der Waals surface area contributed by atoms with E-state index in [1.54, 1.807) is 7.11 Å². The van der Waals surface area contributed by atoms with E-state index >= 15 is 0 Å². The fourth-order valence-electron chi connectivity index (χ4n) is 2.62. The molecule has 4 nitrogen and oxygen atoms in total. The Bertz CT molecular complexity index is 372. The lowest BCUT2D eigenvalue weighted by atomic mass is 10.2. The molecule has 1 aromatic rings. The number of piperazine rings is 1. The van der Waals surface area contributed by atoms with Gasteiger partial charge in [-0.2, -0.15) is 0 Å². The lowest BCUT2D eigenvalue weighted by Crippen LogP contribution is -2.53. The van der Waals surface area contributed by atoms with Gasteiger partial charge in [0.05, 0.1) is 6.61 Å². The highest BCUT2D eigenvalue weighted by Gasteiger charge is 2.22. The summed E-state index contributed by atoms with van der Waals surface area (Å²) in [7, 11) is 1.77. The first-order valence-corrected chi connectivity index (χ1v) is 7.43. The number of hydrogen-bond acceptors (Lipinski definition) is 4. The summed E-state index contributed by atoms with van der Waals surface area (Å²) in [5.74, 6) is 0.958. The van der Waals surface area contributed by atoms with E-state index in [-0.39, 0.29) is 0 Å². The van der Waals surface area contributed by atoms with Crippen molar-refractivity contribution >= 4 is 0 Å². The van der Waals surface area contributed by atoms with Gasteiger partial charge in [-0.15, -0.1) is 0 Å². The average molecular weight is 278 g/mol. The fourth-order valence-corrected chi connectivity index (χ4v) is 2.62. The van der Waals surface area contributed by atoms with Crippen LogP contribution in [-0.2, 0) is 4.74 Å². The van der Waals surface area contributed by atoms with Crippen molar-refractivity contribution in [2.24, 2.45) is 0 Å². The molecular weight excluding hydrogens is 252 g/mol. The first-order valence-electron chi connectivity index (χ1n) is 7.43. The summed E-state index contributed by atoms with van der Waals surface area (Å²) in [6, 6.07) is 10.6. The Morgan fingerprint density at radius 3 is 2.60 bits per heavy atom. The highest BCUT2D eigenvalue weighted by atomic mass is 16.5. The first-order chi connectivity index (χ1) is 9.79. The molecule has 1 fully saturated rings. The van der Waals surface area contributed by atoms with Gasteiger partial charge >= 0.3 is 0 Å². The Morgan fingerprint density at radius 2 is 1.90 bits per heavy atom. The molecule has 0 spiro atoms. The van der Waals surface area contributed by atoms with Gasteiger partial charge in [-0.3, -0.25) is 9.80 Å². The Balaban J connectivity index is 1.66. The van der Waals surface area contributed by atoms with Gasteiger partial charge in [0.2, 0.25) is 0 Å². The van der Waals surface area contributed by atoms with Gasteiger partial charge in [0, 0.05) is 45.9 Å². The quantitative estimate of drug-likeness (QED) is 0.758. The second kappa shape index (κ2) is 8.25. The second-order valence-electron chi connectivity index (χ2n) is 5.34. The van der Waals surface area contributed by atoms with E-state index in [4.69, 9.17) is 9.47 Å². The second-order valence-corrected chi connectivity index (χ2v) is 5.34. The number of ether oxygens (including phenoxy) is 2. The molecule has 1 aromatic carbocycles. The molecule has 0 saturated carbocycles. The lowest BCUT2D eigenvalue weighted by molar-refractivity contribution is 0.0532. The highest BCUT2D eigenvalue weighted by molar-refractivity contribution is 5.20. The third kappa shape index (κ3) is 4.78. The van der Waals surface area contributed by atoms with Crippen LogP contribution in [0, 0.1) is 0 Å². The number of para-hydroxylation sites is 1. The molecule has 0 aliphatic carbocycles. The van der Waals surface area contributed by atoms with E-state index < -0.39 is 0 Å². The molecule has 0 unspecified atom stereocenters. The first kappa shape index (κ1) is 15.3. The van der Waals surface area contributed by atoms with Crippen LogP contribution < -0.4 is 4.74 Å². The molecule has 0 N–H and O–H groups in total. The zero-order valence-corrected chi connectivity index (χ0v) is 12.6. The average Bonchev–Trinajstić information content (AvgIpc) is 2.47. The number of benzene rings is 1. The highest BCUT2D eigenvalue weighted by Crippen LogP contribution is 2.11. The van der Waals surface area contributed by atoms with Gasteiger partial charge < -0.3 is 9.47 Å². The standard InChI is InChI=1S/C16H26N2O2/c1-15-14-17(8-9-18(15)11-12-19-2)10-13-20-16-6-4-3-5-7-16/h3-7,15H,8-14H2,1-2H3/t15-/m0/s1. The number of hydrogen-bond donors (Lipinski definition) is 0. The molecule has 20 heavy (non-hydrogen) atoms. The third-order valence-corrected chi connectivity index (χ3v) is 3.85. The summed E-state index contributed by atoms with van der Waals surface area (Å²) in [5, 5.41) is 0. The van der Waals surface area contributed by atoms with Crippen LogP contribution >= 0.6 is 0 Å². The molecule has 2 rings (SSSR count). The van der Waals surface area contributed by atoms with Gasteiger partial charge in [0.1, 0.15) is 12.4 Å². The van der Waals surface area contributed by atoms with Crippen molar-refractivity contribution in [2.45, 2.75) is 13.0 Å². The summed E-state index contributed by atoms with van der Waals surface area (Å²) in [5.41, 5.74) is 0. The van der Waals surface area contributed by atoms with Crippen LogP contribution in [0.1, 0.15) is 6.92 Å². The molecule has 4 heteroatoms. The van der Waals surface area contributed by atoms with E-state index in [0.29, 0.717) is 6.04 Å². The minimum absolute atomic E-state index is 0.593. The maximum Gasteiger partial charge on any atom is 0.119 e. The minimum atomic E-state index is 0.593. The molecule has 1 saturated heterocycles. The van der Waals surface area contributed by atoms with Crippen molar-refractivity contribution in [1.82, 2.24) is 9.80 Å². The van der Waals surface area contributed by atoms with Crippen LogP contribution in [0.3, 0.4) is 0 Å². The largest absolute Gasteiger partial charge is 0.492 e. The molecule has 1 atom stereocenters. The van der Waals surface area contributed by atoms with Gasteiger partial charge in [-0.25, -0.2) is 0 Å². The minimum Gasteiger partial charge on any atom is -0.492 e. The molecule has 1 aliphatic rings. The van der Waals surface area contributed by atoms with Crippen LogP contribution in [0.5, 0.6) is 5.75 Å². The Kier molecular flexibility index (Phi) is 6.30. The van der Waals surface area contributed by atoms with E-state index in [0.717, 1.165) is 51.7 Å². The van der Waals surface area contributed by atoms with Gasteiger partial charge in [-0.1, -0.05) is 18.2 Å². The van der Waals surface area contributed by atoms with Gasteiger partial charge in [0.15, 0.2) is 0 Å². The molecule has 0 amide bonds. The summed E-state index contributed by atoms with van der Waals surface area (Å²) >= 11 is 0. The van der Waals surface area contributed by atoms with Crippen molar-refractivity contribution in [3.63, 3.8) is 0 Å². The zero-order valence-electron chi connectivity index (χ0n) is 12.6. The van der Waals surface area contributed by atoms with Crippen molar-refractivity contribution in [1.29, 1.82) is 0 Å². The molecule has 1 aliphatic heterocycles. The molecule has 0 bridgehead atoms. The van der Waals surface area contributed by atoms with Crippen LogP contribution in [0.15, 0.2) is 30.3 Å². The third-order valence-electron chi connectivity index (χ3n) is 3.85. The van der Waals surface area contributed by atoms with Crippen LogP contribution in [0.2, 0.25) is 0 Å². The summed E-state index contributed by atoms with van der Waals surface area (Å²) in [6.45, 7) is 9.25. The molecule has 1 heterocycles. The van der Waals surface area contributed by atoms with Crippen molar-refractivity contribution in [3.05, 3.63) is 30.3 Å². The molecule has 112 valence electrons. The van der Waals surface area contributed by atoms with E-state index in [9.17, 15) is 0 Å². The number of rotatable bonds is 7. The zero-order chi connectivity index (χ0) is 14.2. The van der Waals surface area contributed by atoms with E-state index in [2.05, 4.69) is 16.7 Å². The normalized spacial score (nSPS) is 21.0. The Labute approximate surface area is 122 Å². The smallest absolute Gasteiger partial charge is 0.119 e. The SMILES string of the molecule is COCCN1CCN(CCOc2ccccc2)C[C@@H]1C. The van der Waals surface area contributed by atoms with E-state index in [1.807, 2.05) is 30.3 Å². The maximum atomic E-state index is 5.76. The molecule has 0 radical (unpaired) electrons. The van der Waals surface area contributed by atoms with E-state index in [1.165, 1.54) is 0 Å². The molecular formula is C16H26N2O2. The van der Waals surface area contributed by atoms with Crippen molar-refractivity contribution in [2.75, 3.05) is 53.0 Å². The van der Waals surface area contributed by atoms with Crippen LogP contribution in [0.4, 0.5) is 0 Å². The predicted octanol–water partition coefficient (Wildman–Crippen LogP) is 1.72. The Morgan fingerprint density at radius 1 is 1.10 bits per heavy atom. The fraction of sp³-hybridized carbons (Fsp3) is 0.625. The maximum absolute atomic E-state index is 5.76. The van der Waals surface area contributed by atoms with Crippen molar-refractivity contribution < 1.29 is 9.47 Å². The van der Waals surface area contributed by atoms with Crippen LogP contribution in [-0.4, -0.2) is 68.9 Å².